The molecule has 0 fully saturated rings. The van der Waals surface area contributed by atoms with Gasteiger partial charge in [-0.1, -0.05) is 0 Å². The van der Waals surface area contributed by atoms with Crippen molar-refractivity contribution in [1.82, 2.24) is 10.2 Å². The first-order valence-electron chi connectivity index (χ1n) is 4.94. The molecular formula is C11H11FN4O. The molecule has 0 saturated carbocycles. The number of hydrogen-bond donors (Lipinski definition) is 3. The van der Waals surface area contributed by atoms with E-state index in [1.807, 2.05) is 0 Å². The van der Waals surface area contributed by atoms with Crippen molar-refractivity contribution < 1.29 is 9.18 Å². The lowest BCUT2D eigenvalue weighted by molar-refractivity contribution is 0.102. The summed E-state index contributed by atoms with van der Waals surface area (Å²) >= 11 is 0. The van der Waals surface area contributed by atoms with Crippen LogP contribution in [0.25, 0.3) is 0 Å². The molecule has 6 heteroatoms. The molecule has 2 aromatic rings. The number of nitrogen functional groups attached to an aromatic ring is 1. The van der Waals surface area contributed by atoms with Gasteiger partial charge in [0.2, 0.25) is 0 Å². The summed E-state index contributed by atoms with van der Waals surface area (Å²) in [6.45, 7) is 1.78. The number of nitrogens with one attached hydrogen (secondary N) is 2. The third kappa shape index (κ3) is 2.25. The molecule has 0 aliphatic rings. The van der Waals surface area contributed by atoms with Crippen molar-refractivity contribution in [2.75, 3.05) is 11.1 Å². The van der Waals surface area contributed by atoms with Crippen LogP contribution in [0.5, 0.6) is 0 Å². The summed E-state index contributed by atoms with van der Waals surface area (Å²) in [6, 6.07) is 3.91. The fourth-order valence-corrected chi connectivity index (χ4v) is 1.37. The van der Waals surface area contributed by atoms with E-state index in [1.54, 1.807) is 13.1 Å². The maximum atomic E-state index is 13.5. The predicted molar refractivity (Wildman–Crippen MR) is 62.1 cm³/mol. The second kappa shape index (κ2) is 4.25. The molecule has 0 radical (unpaired) electrons. The molecule has 88 valence electrons. The van der Waals surface area contributed by atoms with Gasteiger partial charge in [-0.05, 0) is 25.1 Å². The first-order chi connectivity index (χ1) is 8.08. The fourth-order valence-electron chi connectivity index (χ4n) is 1.37. The number of amides is 1. The number of carbonyl (C=O) groups excluding carboxylic acids is 1. The summed E-state index contributed by atoms with van der Waals surface area (Å²) < 4.78 is 13.5. The quantitative estimate of drug-likeness (QED) is 0.691. The van der Waals surface area contributed by atoms with Gasteiger partial charge >= 0.3 is 0 Å². The van der Waals surface area contributed by atoms with E-state index in [1.165, 1.54) is 12.1 Å². The van der Waals surface area contributed by atoms with Gasteiger partial charge in [-0.3, -0.25) is 9.89 Å². The summed E-state index contributed by atoms with van der Waals surface area (Å²) in [5, 5.41) is 8.89. The summed E-state index contributed by atoms with van der Waals surface area (Å²) in [6.07, 6.45) is 1.56. The number of halogens is 1. The molecule has 0 atom stereocenters. The zero-order valence-corrected chi connectivity index (χ0v) is 9.12. The Morgan fingerprint density at radius 3 is 2.88 bits per heavy atom. The van der Waals surface area contributed by atoms with Crippen LogP contribution in [0, 0.1) is 12.7 Å². The van der Waals surface area contributed by atoms with Crippen molar-refractivity contribution in [3.8, 4) is 0 Å². The van der Waals surface area contributed by atoms with Gasteiger partial charge in [0.25, 0.3) is 5.91 Å². The van der Waals surface area contributed by atoms with Crippen LogP contribution in [0.15, 0.2) is 24.4 Å². The standard InChI is InChI=1S/C11H11FN4O/c1-6-5-14-16-10(6)15-11(17)8-3-2-7(13)4-9(8)12/h2-5H,13H2,1H3,(H2,14,15,16,17). The first kappa shape index (κ1) is 11.1. The number of benzene rings is 1. The number of aromatic nitrogens is 2. The van der Waals surface area contributed by atoms with Crippen LogP contribution in [0.1, 0.15) is 15.9 Å². The highest BCUT2D eigenvalue weighted by Gasteiger charge is 2.13. The monoisotopic (exact) mass is 234 g/mol. The summed E-state index contributed by atoms with van der Waals surface area (Å²) in [5.41, 5.74) is 6.39. The van der Waals surface area contributed by atoms with Gasteiger partial charge in [0, 0.05) is 11.3 Å². The molecule has 1 aromatic carbocycles. The largest absolute Gasteiger partial charge is 0.399 e. The number of rotatable bonds is 2. The third-order valence-corrected chi connectivity index (χ3v) is 2.31. The highest BCUT2D eigenvalue weighted by atomic mass is 19.1. The molecule has 4 N–H and O–H groups in total. The Labute approximate surface area is 96.8 Å². The van der Waals surface area contributed by atoms with Gasteiger partial charge in [0.15, 0.2) is 0 Å². The van der Waals surface area contributed by atoms with Crippen molar-refractivity contribution in [2.45, 2.75) is 6.92 Å². The van der Waals surface area contributed by atoms with Gasteiger partial charge in [-0.15, -0.1) is 0 Å². The third-order valence-electron chi connectivity index (χ3n) is 2.31. The highest BCUT2D eigenvalue weighted by molar-refractivity contribution is 6.04. The fraction of sp³-hybridized carbons (Fsp3) is 0.0909. The second-order valence-corrected chi connectivity index (χ2v) is 3.62. The Morgan fingerprint density at radius 2 is 2.29 bits per heavy atom. The van der Waals surface area contributed by atoms with Gasteiger partial charge in [-0.2, -0.15) is 5.10 Å². The summed E-state index contributed by atoms with van der Waals surface area (Å²) in [7, 11) is 0. The lowest BCUT2D eigenvalue weighted by Crippen LogP contribution is -2.14. The van der Waals surface area contributed by atoms with Crippen LogP contribution < -0.4 is 11.1 Å². The van der Waals surface area contributed by atoms with Crippen molar-refractivity contribution in [2.24, 2.45) is 0 Å². The van der Waals surface area contributed by atoms with E-state index in [2.05, 4.69) is 15.5 Å². The molecule has 0 spiro atoms. The van der Waals surface area contributed by atoms with Gasteiger partial charge in [-0.25, -0.2) is 4.39 Å². The molecule has 5 nitrogen and oxygen atoms in total. The summed E-state index contributed by atoms with van der Waals surface area (Å²) in [5.74, 6) is -0.749. The molecule has 1 aromatic heterocycles. The Kier molecular flexibility index (Phi) is 2.78. The normalized spacial score (nSPS) is 10.2. The minimum atomic E-state index is -0.653. The van der Waals surface area contributed by atoms with Crippen LogP contribution >= 0.6 is 0 Å². The Hall–Kier alpha value is -2.37. The average Bonchev–Trinajstić information content (AvgIpc) is 2.64. The average molecular weight is 234 g/mol. The predicted octanol–water partition coefficient (Wildman–Crippen LogP) is 1.69. The number of nitrogens with zero attached hydrogens (tertiary/aromatic N) is 1. The molecular weight excluding hydrogens is 223 g/mol. The maximum Gasteiger partial charge on any atom is 0.259 e. The van der Waals surface area contributed by atoms with Gasteiger partial charge in [0.05, 0.1) is 11.8 Å². The Balaban J connectivity index is 2.23. The lowest BCUT2D eigenvalue weighted by Gasteiger charge is -2.05. The molecule has 0 aliphatic heterocycles. The lowest BCUT2D eigenvalue weighted by atomic mass is 10.2. The van der Waals surface area contributed by atoms with Crippen molar-refractivity contribution in [3.63, 3.8) is 0 Å². The molecule has 0 bridgehead atoms. The second-order valence-electron chi connectivity index (χ2n) is 3.62. The van der Waals surface area contributed by atoms with Crippen LogP contribution in [0.4, 0.5) is 15.9 Å². The first-order valence-corrected chi connectivity index (χ1v) is 4.94. The van der Waals surface area contributed by atoms with Gasteiger partial charge in [0.1, 0.15) is 11.6 Å². The van der Waals surface area contributed by atoms with Gasteiger partial charge < -0.3 is 11.1 Å². The highest BCUT2D eigenvalue weighted by Crippen LogP contribution is 2.15. The number of H-pyrrole nitrogens is 1. The zero-order chi connectivity index (χ0) is 12.4. The van der Waals surface area contributed by atoms with Crippen LogP contribution in [0.3, 0.4) is 0 Å². The molecule has 1 heterocycles. The van der Waals surface area contributed by atoms with Crippen molar-refractivity contribution >= 4 is 17.4 Å². The Bertz CT molecular complexity index is 564. The number of hydrogen-bond acceptors (Lipinski definition) is 3. The SMILES string of the molecule is Cc1cn[nH]c1NC(=O)c1ccc(N)cc1F. The van der Waals surface area contributed by atoms with E-state index < -0.39 is 11.7 Å². The minimum Gasteiger partial charge on any atom is -0.399 e. The van der Waals surface area contributed by atoms with E-state index in [-0.39, 0.29) is 11.3 Å². The minimum absolute atomic E-state index is 0.0619. The topological polar surface area (TPSA) is 83.8 Å². The van der Waals surface area contributed by atoms with Crippen molar-refractivity contribution in [1.29, 1.82) is 0 Å². The molecule has 1 amide bonds. The molecule has 2 rings (SSSR count). The number of aromatic amines is 1. The van der Waals surface area contributed by atoms with E-state index in [4.69, 9.17) is 5.73 Å². The van der Waals surface area contributed by atoms with Crippen LogP contribution in [-0.2, 0) is 0 Å². The van der Waals surface area contributed by atoms with E-state index in [9.17, 15) is 9.18 Å². The molecule has 0 unspecified atom stereocenters. The number of anilines is 2. The number of carbonyl (C=O) groups is 1. The zero-order valence-electron chi connectivity index (χ0n) is 9.12. The van der Waals surface area contributed by atoms with E-state index >= 15 is 0 Å². The molecule has 0 saturated heterocycles. The van der Waals surface area contributed by atoms with E-state index in [0.29, 0.717) is 5.82 Å². The summed E-state index contributed by atoms with van der Waals surface area (Å²) in [4.78, 5) is 11.8. The smallest absolute Gasteiger partial charge is 0.259 e. The number of nitrogens with two attached hydrogens (primary N) is 1. The van der Waals surface area contributed by atoms with Crippen LogP contribution in [-0.4, -0.2) is 16.1 Å². The van der Waals surface area contributed by atoms with Crippen molar-refractivity contribution in [3.05, 3.63) is 41.3 Å². The number of aryl methyl sites for hydroxylation is 1. The maximum absolute atomic E-state index is 13.5. The Morgan fingerprint density at radius 1 is 1.53 bits per heavy atom. The van der Waals surface area contributed by atoms with E-state index in [0.717, 1.165) is 11.6 Å². The molecule has 0 aliphatic carbocycles. The van der Waals surface area contributed by atoms with Crippen LogP contribution in [0.2, 0.25) is 0 Å². The molecule has 17 heavy (non-hydrogen) atoms.